The van der Waals surface area contributed by atoms with E-state index < -0.39 is 11.8 Å². The number of halogens is 1. The summed E-state index contributed by atoms with van der Waals surface area (Å²) < 4.78 is 10.2. The number of Topliss-reactive ketones (excluding diaryl/α,β-unsaturated/α-hetero) is 1. The van der Waals surface area contributed by atoms with Crippen LogP contribution in [-0.4, -0.2) is 24.5 Å². The number of hydrogen-bond donors (Lipinski definition) is 0. The van der Waals surface area contributed by atoms with Gasteiger partial charge in [0.15, 0.2) is 0 Å². The van der Waals surface area contributed by atoms with Crippen LogP contribution in [-0.2, 0) is 9.53 Å². The summed E-state index contributed by atoms with van der Waals surface area (Å²) in [5.74, 6) is -1.31. The summed E-state index contributed by atoms with van der Waals surface area (Å²) in [5, 5.41) is 0.406. The molecule has 0 aliphatic carbocycles. The van der Waals surface area contributed by atoms with Crippen LogP contribution < -0.4 is 4.74 Å². The molecular formula is C14H17ClO4. The van der Waals surface area contributed by atoms with Crippen LogP contribution in [0.5, 0.6) is 5.75 Å². The first kappa shape index (κ1) is 15.5. The molecule has 1 aromatic rings. The first-order valence-electron chi connectivity index (χ1n) is 6.05. The topological polar surface area (TPSA) is 52.6 Å². The lowest BCUT2D eigenvalue weighted by molar-refractivity contribution is -0.137. The molecule has 0 heterocycles. The van der Waals surface area contributed by atoms with Crippen LogP contribution in [0.2, 0.25) is 5.02 Å². The van der Waals surface area contributed by atoms with Gasteiger partial charge in [-0.1, -0.05) is 11.6 Å². The van der Waals surface area contributed by atoms with Crippen LogP contribution in [0.15, 0.2) is 12.1 Å². The number of aryl methyl sites for hydroxylation is 1. The third-order valence-corrected chi connectivity index (χ3v) is 2.74. The summed E-state index contributed by atoms with van der Waals surface area (Å²) in [7, 11) is 0. The number of ketones is 1. The van der Waals surface area contributed by atoms with E-state index in [4.69, 9.17) is 21.1 Å². The van der Waals surface area contributed by atoms with Crippen LogP contribution in [0.3, 0.4) is 0 Å². The molecule has 0 aromatic heterocycles. The van der Waals surface area contributed by atoms with Gasteiger partial charge in [-0.3, -0.25) is 4.79 Å². The van der Waals surface area contributed by atoms with Crippen molar-refractivity contribution in [2.45, 2.75) is 33.8 Å². The third-order valence-electron chi connectivity index (χ3n) is 2.33. The molecule has 0 unspecified atom stereocenters. The number of benzene rings is 1. The van der Waals surface area contributed by atoms with Crippen molar-refractivity contribution in [2.24, 2.45) is 0 Å². The normalized spacial score (nSPS) is 10.4. The number of ether oxygens (including phenoxy) is 2. The Hall–Kier alpha value is -1.55. The Labute approximate surface area is 117 Å². The van der Waals surface area contributed by atoms with Crippen LogP contribution in [0.4, 0.5) is 0 Å². The molecule has 0 N–H and O–H groups in total. The van der Waals surface area contributed by atoms with Gasteiger partial charge < -0.3 is 9.47 Å². The van der Waals surface area contributed by atoms with Crippen molar-refractivity contribution in [3.05, 3.63) is 28.3 Å². The van der Waals surface area contributed by atoms with E-state index in [0.717, 1.165) is 5.56 Å². The van der Waals surface area contributed by atoms with Crippen molar-refractivity contribution in [1.29, 1.82) is 0 Å². The zero-order valence-corrected chi connectivity index (χ0v) is 12.2. The Morgan fingerprint density at radius 3 is 2.47 bits per heavy atom. The molecule has 0 amide bonds. The number of esters is 1. The van der Waals surface area contributed by atoms with Gasteiger partial charge in [0, 0.05) is 5.02 Å². The van der Waals surface area contributed by atoms with Crippen molar-refractivity contribution in [3.63, 3.8) is 0 Å². The molecule has 0 saturated heterocycles. The van der Waals surface area contributed by atoms with Crippen molar-refractivity contribution in [1.82, 2.24) is 0 Å². The van der Waals surface area contributed by atoms with E-state index in [1.807, 2.05) is 13.8 Å². The van der Waals surface area contributed by atoms with E-state index in [-0.39, 0.29) is 18.3 Å². The van der Waals surface area contributed by atoms with Gasteiger partial charge in [0.05, 0.1) is 18.3 Å². The Bertz CT molecular complexity index is 494. The second kappa shape index (κ2) is 6.57. The smallest absolute Gasteiger partial charge is 0.379 e. The largest absolute Gasteiger partial charge is 0.490 e. The maximum atomic E-state index is 12.0. The highest BCUT2D eigenvalue weighted by atomic mass is 35.5. The van der Waals surface area contributed by atoms with E-state index >= 15 is 0 Å². The summed E-state index contributed by atoms with van der Waals surface area (Å²) in [6.45, 7) is 7.25. The van der Waals surface area contributed by atoms with Crippen LogP contribution in [0.25, 0.3) is 0 Å². The molecule has 0 aliphatic heterocycles. The maximum Gasteiger partial charge on any atom is 0.379 e. The highest BCUT2D eigenvalue weighted by Crippen LogP contribution is 2.28. The fraction of sp³-hybridized carbons (Fsp3) is 0.429. The molecule has 19 heavy (non-hydrogen) atoms. The minimum Gasteiger partial charge on any atom is -0.490 e. The molecule has 0 aliphatic rings. The molecule has 1 rings (SSSR count). The lowest BCUT2D eigenvalue weighted by atomic mass is 10.1. The fourth-order valence-electron chi connectivity index (χ4n) is 1.49. The van der Waals surface area contributed by atoms with Gasteiger partial charge in [-0.05, 0) is 45.4 Å². The van der Waals surface area contributed by atoms with Crippen LogP contribution in [0.1, 0.15) is 36.7 Å². The number of hydrogen-bond acceptors (Lipinski definition) is 4. The van der Waals surface area contributed by atoms with Crippen LogP contribution >= 0.6 is 11.6 Å². The molecule has 0 bridgehead atoms. The first-order valence-corrected chi connectivity index (χ1v) is 6.42. The second-order valence-electron chi connectivity index (χ2n) is 4.31. The predicted octanol–water partition coefficient (Wildman–Crippen LogP) is 3.18. The highest BCUT2D eigenvalue weighted by molar-refractivity contribution is 6.42. The molecule has 1 aromatic carbocycles. The van der Waals surface area contributed by atoms with Gasteiger partial charge in [-0.25, -0.2) is 4.79 Å². The summed E-state index contributed by atoms with van der Waals surface area (Å²) in [6.07, 6.45) is -0.116. The Morgan fingerprint density at radius 2 is 1.95 bits per heavy atom. The van der Waals surface area contributed by atoms with Crippen LogP contribution in [0, 0.1) is 6.92 Å². The number of carbonyl (C=O) groups is 2. The molecule has 0 radical (unpaired) electrons. The first-order chi connectivity index (χ1) is 8.86. The Balaban J connectivity index is 3.20. The van der Waals surface area contributed by atoms with E-state index in [2.05, 4.69) is 0 Å². The lowest BCUT2D eigenvalue weighted by Gasteiger charge is -2.14. The quantitative estimate of drug-likeness (QED) is 0.473. The van der Waals surface area contributed by atoms with Gasteiger partial charge in [0.1, 0.15) is 5.75 Å². The third kappa shape index (κ3) is 3.96. The molecule has 5 heteroatoms. The van der Waals surface area contributed by atoms with E-state index in [0.29, 0.717) is 10.8 Å². The summed E-state index contributed by atoms with van der Waals surface area (Å²) in [6, 6.07) is 3.09. The molecule has 104 valence electrons. The molecular weight excluding hydrogens is 268 g/mol. The highest BCUT2D eigenvalue weighted by Gasteiger charge is 2.23. The lowest BCUT2D eigenvalue weighted by Crippen LogP contribution is -2.19. The van der Waals surface area contributed by atoms with Crippen molar-refractivity contribution >= 4 is 23.4 Å². The predicted molar refractivity (Wildman–Crippen MR) is 72.9 cm³/mol. The zero-order valence-electron chi connectivity index (χ0n) is 11.5. The summed E-state index contributed by atoms with van der Waals surface area (Å²) in [4.78, 5) is 23.5. The monoisotopic (exact) mass is 284 g/mol. The van der Waals surface area contributed by atoms with E-state index in [1.54, 1.807) is 19.9 Å². The standard InChI is InChI=1S/C14H17ClO4/c1-5-18-14(17)13(16)10-7-11(15)9(4)6-12(10)19-8(2)3/h6-8H,5H2,1-4H3. The average Bonchev–Trinajstić information content (AvgIpc) is 2.32. The summed E-state index contributed by atoms with van der Waals surface area (Å²) in [5.41, 5.74) is 0.903. The van der Waals surface area contributed by atoms with Gasteiger partial charge >= 0.3 is 5.97 Å². The zero-order chi connectivity index (χ0) is 14.6. The number of carbonyl (C=O) groups excluding carboxylic acids is 2. The molecule has 0 fully saturated rings. The van der Waals surface area contributed by atoms with Crippen molar-refractivity contribution in [2.75, 3.05) is 6.61 Å². The maximum absolute atomic E-state index is 12.0. The van der Waals surface area contributed by atoms with Crippen molar-refractivity contribution < 1.29 is 19.1 Å². The van der Waals surface area contributed by atoms with Gasteiger partial charge in [0.2, 0.25) is 0 Å². The average molecular weight is 285 g/mol. The minimum absolute atomic E-state index is 0.116. The summed E-state index contributed by atoms with van der Waals surface area (Å²) >= 11 is 5.99. The van der Waals surface area contributed by atoms with E-state index in [1.165, 1.54) is 6.07 Å². The second-order valence-corrected chi connectivity index (χ2v) is 4.72. The van der Waals surface area contributed by atoms with Crippen molar-refractivity contribution in [3.8, 4) is 5.75 Å². The SMILES string of the molecule is CCOC(=O)C(=O)c1cc(Cl)c(C)cc1OC(C)C. The molecule has 4 nitrogen and oxygen atoms in total. The molecule has 0 spiro atoms. The Morgan fingerprint density at radius 1 is 1.32 bits per heavy atom. The fourth-order valence-corrected chi connectivity index (χ4v) is 1.65. The van der Waals surface area contributed by atoms with E-state index in [9.17, 15) is 9.59 Å². The minimum atomic E-state index is -0.906. The van der Waals surface area contributed by atoms with Gasteiger partial charge in [-0.15, -0.1) is 0 Å². The molecule has 0 atom stereocenters. The van der Waals surface area contributed by atoms with Gasteiger partial charge in [0.25, 0.3) is 5.78 Å². The van der Waals surface area contributed by atoms with Gasteiger partial charge in [-0.2, -0.15) is 0 Å². The Kier molecular flexibility index (Phi) is 5.36. The molecule has 0 saturated carbocycles. The number of rotatable bonds is 5.